The van der Waals surface area contributed by atoms with Crippen LogP contribution in [0.4, 0.5) is 4.39 Å². The number of ether oxygens (including phenoxy) is 2. The minimum atomic E-state index is -1.52. The molecule has 9 heteroatoms. The minimum Gasteiger partial charge on any atom is -0.460 e. The largest absolute Gasteiger partial charge is 0.460 e. The van der Waals surface area contributed by atoms with Gasteiger partial charge in [-0.05, 0) is 104 Å². The molecule has 14 atom stereocenters. The van der Waals surface area contributed by atoms with Crippen LogP contribution in [0.1, 0.15) is 113 Å². The Morgan fingerprint density at radius 2 is 1.62 bits per heavy atom. The lowest BCUT2D eigenvalue weighted by Crippen LogP contribution is -2.68. The van der Waals surface area contributed by atoms with E-state index in [1.165, 1.54) is 5.57 Å². The van der Waals surface area contributed by atoms with Crippen LogP contribution in [0.3, 0.4) is 0 Å². The zero-order valence-electron chi connectivity index (χ0n) is 29.7. The number of rotatable bonds is 5. The Morgan fingerprint density at radius 3 is 2.28 bits per heavy atom. The summed E-state index contributed by atoms with van der Waals surface area (Å²) in [7, 11) is 0. The number of carbonyl (C=O) groups excluding carboxylic acids is 1. The lowest BCUT2D eigenvalue weighted by Gasteiger charge is -2.72. The number of halogens is 1. The zero-order chi connectivity index (χ0) is 34.5. The van der Waals surface area contributed by atoms with E-state index in [4.69, 9.17) is 9.47 Å². The van der Waals surface area contributed by atoms with Crippen LogP contribution in [-0.2, 0) is 14.3 Å². The van der Waals surface area contributed by atoms with Crippen molar-refractivity contribution < 1.29 is 44.2 Å². The standard InChI is InChI=1S/C38H61FO8/c1-33(2)14-16-38(32(45)31-30(44)29(43)28(42)23(20-40)46-31)17-15-36(6)21(22(38)18-33)8-9-25-35(5)12-11-26(47-27(41)19-39)34(3,4)24(35)10-13-37(25,36)7/h8,22-26,28-32,40,42-45H,9-20H2,1-7H3/t22?,23?,24?,25?,26-,28+,29-,30?,31-,32+,35-,36+,37+,38-/m0/s1. The van der Waals surface area contributed by atoms with E-state index >= 15 is 0 Å². The summed E-state index contributed by atoms with van der Waals surface area (Å²) >= 11 is 0. The summed E-state index contributed by atoms with van der Waals surface area (Å²) in [5.41, 5.74) is 0.559. The van der Waals surface area contributed by atoms with Crippen LogP contribution in [0.15, 0.2) is 11.6 Å². The van der Waals surface area contributed by atoms with Crippen LogP contribution < -0.4 is 0 Å². The van der Waals surface area contributed by atoms with Gasteiger partial charge in [0.15, 0.2) is 6.67 Å². The van der Waals surface area contributed by atoms with Crippen LogP contribution >= 0.6 is 0 Å². The Bertz CT molecular complexity index is 1250. The molecule has 0 spiro atoms. The quantitative estimate of drug-likeness (QED) is 0.208. The van der Waals surface area contributed by atoms with Gasteiger partial charge >= 0.3 is 5.97 Å². The Morgan fingerprint density at radius 1 is 0.936 bits per heavy atom. The summed E-state index contributed by atoms with van der Waals surface area (Å²) in [4.78, 5) is 12.0. The molecule has 0 bridgehead atoms. The first kappa shape index (κ1) is 35.7. The molecule has 8 nitrogen and oxygen atoms in total. The Hall–Kier alpha value is -1.10. The second-order valence-corrected chi connectivity index (χ2v) is 18.7. The van der Waals surface area contributed by atoms with Crippen LogP contribution in [0.2, 0.25) is 0 Å². The molecule has 0 aromatic heterocycles. The van der Waals surface area contributed by atoms with Crippen molar-refractivity contribution in [3.05, 3.63) is 11.6 Å². The molecular weight excluding hydrogens is 603 g/mol. The third-order valence-corrected chi connectivity index (χ3v) is 15.9. The minimum absolute atomic E-state index is 0.00269. The van der Waals surface area contributed by atoms with E-state index in [0.29, 0.717) is 11.8 Å². The van der Waals surface area contributed by atoms with E-state index in [-0.39, 0.29) is 39.1 Å². The molecule has 6 rings (SSSR count). The molecule has 1 aliphatic heterocycles. The Kier molecular flexibility index (Phi) is 8.91. The van der Waals surface area contributed by atoms with Crippen LogP contribution in [-0.4, -0.2) is 87.5 Å². The number of aliphatic hydroxyl groups is 5. The van der Waals surface area contributed by atoms with Crippen LogP contribution in [0, 0.1) is 50.2 Å². The normalized spacial score (nSPS) is 50.9. The van der Waals surface area contributed by atoms with E-state index in [2.05, 4.69) is 54.5 Å². The van der Waals surface area contributed by atoms with Gasteiger partial charge in [0.2, 0.25) is 0 Å². The fourth-order valence-corrected chi connectivity index (χ4v) is 12.9. The fraction of sp³-hybridized carbons (Fsp3) is 0.921. The van der Waals surface area contributed by atoms with Crippen molar-refractivity contribution >= 4 is 5.97 Å². The average Bonchev–Trinajstić information content (AvgIpc) is 3.01. The smallest absolute Gasteiger partial charge is 0.337 e. The summed E-state index contributed by atoms with van der Waals surface area (Å²) in [6.45, 7) is 14.8. The topological polar surface area (TPSA) is 137 Å². The molecular formula is C38H61FO8. The summed E-state index contributed by atoms with van der Waals surface area (Å²) in [5.74, 6) is 0.0428. The van der Waals surface area contributed by atoms with E-state index in [0.717, 1.165) is 64.2 Å². The fourth-order valence-electron chi connectivity index (χ4n) is 12.9. The maximum atomic E-state index is 13.2. The molecule has 0 aromatic rings. The summed E-state index contributed by atoms with van der Waals surface area (Å²) in [5, 5.41) is 54.5. The lowest BCUT2D eigenvalue weighted by molar-refractivity contribution is -0.272. The van der Waals surface area contributed by atoms with E-state index in [1.807, 2.05) is 0 Å². The summed E-state index contributed by atoms with van der Waals surface area (Å²) in [6, 6.07) is 0. The summed E-state index contributed by atoms with van der Waals surface area (Å²) < 4.78 is 24.9. The molecule has 5 unspecified atom stereocenters. The van der Waals surface area contributed by atoms with Gasteiger partial charge in [0.25, 0.3) is 0 Å². The molecule has 0 aromatic carbocycles. The van der Waals surface area contributed by atoms with Gasteiger partial charge in [-0.15, -0.1) is 0 Å². The van der Waals surface area contributed by atoms with Gasteiger partial charge < -0.3 is 35.0 Å². The van der Waals surface area contributed by atoms with Crippen molar-refractivity contribution in [2.24, 2.45) is 50.2 Å². The SMILES string of the molecule is CC1(C)CC[C@]2([C@H](O)[C@H]3OC(CO)[C@@H](O)[C@H](O)C3O)CC[C@]3(C)C(=CCC4[C@@]5(C)CC[C@H](OC(=O)CF)C(C)(C)C5CC[C@]43C)C2C1. The number of aliphatic hydroxyl groups excluding tert-OH is 5. The van der Waals surface area contributed by atoms with Gasteiger partial charge in [0.1, 0.15) is 36.6 Å². The van der Waals surface area contributed by atoms with Crippen LogP contribution in [0.25, 0.3) is 0 Å². The Labute approximate surface area is 280 Å². The first-order chi connectivity index (χ1) is 21.8. The van der Waals surface area contributed by atoms with Crippen molar-refractivity contribution in [3.8, 4) is 0 Å². The molecule has 1 saturated heterocycles. The highest BCUT2D eigenvalue weighted by molar-refractivity contribution is 5.70. The molecule has 0 amide bonds. The van der Waals surface area contributed by atoms with E-state index in [1.54, 1.807) is 0 Å². The van der Waals surface area contributed by atoms with Crippen molar-refractivity contribution in [1.29, 1.82) is 0 Å². The van der Waals surface area contributed by atoms with Crippen molar-refractivity contribution in [2.45, 2.75) is 155 Å². The molecule has 47 heavy (non-hydrogen) atoms. The monoisotopic (exact) mass is 664 g/mol. The van der Waals surface area contributed by atoms with Gasteiger partial charge in [-0.3, -0.25) is 0 Å². The second kappa shape index (κ2) is 11.7. The number of fused-ring (bicyclic) bond motifs is 7. The first-order valence-electron chi connectivity index (χ1n) is 18.3. The Balaban J connectivity index is 1.36. The number of esters is 1. The lowest BCUT2D eigenvalue weighted by atomic mass is 9.33. The molecule has 1 heterocycles. The summed E-state index contributed by atoms with van der Waals surface area (Å²) in [6.07, 6.45) is 3.38. The zero-order valence-corrected chi connectivity index (χ0v) is 29.7. The molecule has 4 saturated carbocycles. The number of hydrogen-bond acceptors (Lipinski definition) is 8. The third kappa shape index (κ3) is 5.05. The number of hydrogen-bond donors (Lipinski definition) is 5. The highest BCUT2D eigenvalue weighted by atomic mass is 19.1. The van der Waals surface area contributed by atoms with Gasteiger partial charge in [-0.2, -0.15) is 0 Å². The molecule has 6 aliphatic rings. The number of carbonyl (C=O) groups is 1. The van der Waals surface area contributed by atoms with Crippen molar-refractivity contribution in [2.75, 3.05) is 13.3 Å². The van der Waals surface area contributed by atoms with Crippen LogP contribution in [0.5, 0.6) is 0 Å². The van der Waals surface area contributed by atoms with Gasteiger partial charge in [-0.25, -0.2) is 9.18 Å². The van der Waals surface area contributed by atoms with Crippen molar-refractivity contribution in [3.63, 3.8) is 0 Å². The predicted molar refractivity (Wildman–Crippen MR) is 175 cm³/mol. The highest BCUT2D eigenvalue weighted by Gasteiger charge is 2.70. The van der Waals surface area contributed by atoms with Gasteiger partial charge in [0, 0.05) is 10.8 Å². The number of allylic oxidation sites excluding steroid dienone is 2. The molecule has 5 aliphatic carbocycles. The van der Waals surface area contributed by atoms with E-state index < -0.39 is 61.3 Å². The molecule has 5 N–H and O–H groups in total. The average molecular weight is 665 g/mol. The van der Waals surface area contributed by atoms with Gasteiger partial charge in [0.05, 0.1) is 12.7 Å². The highest BCUT2D eigenvalue weighted by Crippen LogP contribution is 2.76. The van der Waals surface area contributed by atoms with Gasteiger partial charge in [-0.1, -0.05) is 60.1 Å². The molecule has 268 valence electrons. The number of alkyl halides is 1. The maximum Gasteiger partial charge on any atom is 0.337 e. The van der Waals surface area contributed by atoms with Crippen molar-refractivity contribution in [1.82, 2.24) is 0 Å². The predicted octanol–water partition coefficient (Wildman–Crippen LogP) is 4.87. The first-order valence-corrected chi connectivity index (χ1v) is 18.3. The van der Waals surface area contributed by atoms with E-state index in [9.17, 15) is 34.7 Å². The molecule has 5 fully saturated rings. The maximum absolute atomic E-state index is 13.2. The molecule has 0 radical (unpaired) electrons. The second-order valence-electron chi connectivity index (χ2n) is 18.7. The third-order valence-electron chi connectivity index (χ3n) is 15.9.